The van der Waals surface area contributed by atoms with Crippen molar-refractivity contribution >= 4 is 11.9 Å². The lowest BCUT2D eigenvalue weighted by molar-refractivity contribution is -0.139. The molecule has 0 radical (unpaired) electrons. The molecule has 4 heteroatoms. The summed E-state index contributed by atoms with van der Waals surface area (Å²) >= 11 is 0. The average Bonchev–Trinajstić information content (AvgIpc) is 2.81. The van der Waals surface area contributed by atoms with Gasteiger partial charge < -0.3 is 9.64 Å². The summed E-state index contributed by atoms with van der Waals surface area (Å²) in [7, 11) is 1.39. The Morgan fingerprint density at radius 2 is 2.05 bits per heavy atom. The molecule has 0 bridgehead atoms. The van der Waals surface area contributed by atoms with E-state index < -0.39 is 0 Å². The van der Waals surface area contributed by atoms with Gasteiger partial charge in [0.2, 0.25) is 5.91 Å². The number of hydrogen-bond donors (Lipinski definition) is 0. The van der Waals surface area contributed by atoms with E-state index in [2.05, 4.69) is 6.92 Å². The fraction of sp³-hybridized carbons (Fsp3) is 0.529. The highest BCUT2D eigenvalue weighted by Crippen LogP contribution is 2.24. The smallest absolute Gasteiger partial charge is 0.309 e. The second kappa shape index (κ2) is 7.25. The van der Waals surface area contributed by atoms with Gasteiger partial charge in [-0.1, -0.05) is 37.6 Å². The molecular formula is C17H23NO3. The Kier molecular flexibility index (Phi) is 5.37. The molecule has 0 aromatic heterocycles. The number of likely N-dealkylation sites (tertiary alicyclic amines) is 1. The van der Waals surface area contributed by atoms with Crippen LogP contribution in [0, 0.1) is 5.92 Å². The van der Waals surface area contributed by atoms with Crippen LogP contribution in [0.5, 0.6) is 0 Å². The minimum Gasteiger partial charge on any atom is -0.469 e. The minimum absolute atomic E-state index is 0.223. The molecule has 1 amide bonds. The number of hydrogen-bond acceptors (Lipinski definition) is 3. The lowest BCUT2D eigenvalue weighted by Gasteiger charge is -2.18. The van der Waals surface area contributed by atoms with E-state index in [1.807, 2.05) is 29.2 Å². The van der Waals surface area contributed by atoms with Gasteiger partial charge in [0.15, 0.2) is 0 Å². The van der Waals surface area contributed by atoms with Crippen LogP contribution in [-0.2, 0) is 27.3 Å². The van der Waals surface area contributed by atoms with Crippen molar-refractivity contribution in [1.29, 1.82) is 0 Å². The first-order valence-corrected chi connectivity index (χ1v) is 7.55. The summed E-state index contributed by atoms with van der Waals surface area (Å²) in [5.74, 6) is 0.454. The molecule has 0 spiro atoms. The normalized spacial score (nSPS) is 18.1. The molecule has 114 valence electrons. The van der Waals surface area contributed by atoms with Gasteiger partial charge in [0.1, 0.15) is 0 Å². The van der Waals surface area contributed by atoms with E-state index in [1.54, 1.807) is 0 Å². The number of esters is 1. The van der Waals surface area contributed by atoms with Crippen molar-refractivity contribution in [1.82, 2.24) is 4.90 Å². The zero-order chi connectivity index (χ0) is 15.2. The molecule has 0 N–H and O–H groups in total. The fourth-order valence-corrected chi connectivity index (χ4v) is 2.93. The van der Waals surface area contributed by atoms with Crippen molar-refractivity contribution in [3.8, 4) is 0 Å². The van der Waals surface area contributed by atoms with Crippen LogP contribution < -0.4 is 0 Å². The molecule has 1 aromatic rings. The third-order valence-corrected chi connectivity index (χ3v) is 4.03. The number of ether oxygens (including phenoxy) is 1. The number of methoxy groups -OCH3 is 1. The number of carbonyl (C=O) groups excluding carboxylic acids is 2. The van der Waals surface area contributed by atoms with Gasteiger partial charge in [-0.3, -0.25) is 9.59 Å². The van der Waals surface area contributed by atoms with E-state index in [0.29, 0.717) is 18.9 Å². The second-order valence-electron chi connectivity index (χ2n) is 5.65. The Morgan fingerprint density at radius 1 is 1.33 bits per heavy atom. The molecule has 0 saturated carbocycles. The van der Waals surface area contributed by atoms with Crippen LogP contribution in [0.25, 0.3) is 0 Å². The third-order valence-electron chi connectivity index (χ3n) is 4.03. The summed E-state index contributed by atoms with van der Waals surface area (Å²) in [5.41, 5.74) is 1.98. The van der Waals surface area contributed by atoms with E-state index in [4.69, 9.17) is 4.74 Å². The fourth-order valence-electron chi connectivity index (χ4n) is 2.93. The third kappa shape index (κ3) is 4.06. The van der Waals surface area contributed by atoms with Crippen LogP contribution in [-0.4, -0.2) is 30.4 Å². The molecule has 1 heterocycles. The molecule has 21 heavy (non-hydrogen) atoms. The first kappa shape index (κ1) is 15.5. The summed E-state index contributed by atoms with van der Waals surface area (Å²) in [5, 5.41) is 0. The summed E-state index contributed by atoms with van der Waals surface area (Å²) < 4.78 is 4.73. The van der Waals surface area contributed by atoms with Crippen LogP contribution >= 0.6 is 0 Å². The predicted octanol–water partition coefficient (Wildman–Crippen LogP) is 2.55. The Hall–Kier alpha value is -1.84. The summed E-state index contributed by atoms with van der Waals surface area (Å²) in [6, 6.07) is 7.77. The van der Waals surface area contributed by atoms with E-state index in [1.165, 1.54) is 7.11 Å². The van der Waals surface area contributed by atoms with Crippen LogP contribution in [0.4, 0.5) is 0 Å². The molecule has 4 nitrogen and oxygen atoms in total. The molecule has 1 saturated heterocycles. The molecule has 1 atom stereocenters. The monoisotopic (exact) mass is 289 g/mol. The molecule has 1 unspecified atom stereocenters. The minimum atomic E-state index is -0.251. The first-order chi connectivity index (χ1) is 10.1. The summed E-state index contributed by atoms with van der Waals surface area (Å²) in [6.07, 6.45) is 3.14. The van der Waals surface area contributed by atoms with E-state index in [9.17, 15) is 9.59 Å². The number of amides is 1. The molecular weight excluding hydrogens is 266 g/mol. The number of rotatable bonds is 6. The van der Waals surface area contributed by atoms with Gasteiger partial charge in [-0.05, 0) is 23.5 Å². The Labute approximate surface area is 126 Å². The average molecular weight is 289 g/mol. The van der Waals surface area contributed by atoms with Gasteiger partial charge in [0.05, 0.1) is 13.5 Å². The predicted molar refractivity (Wildman–Crippen MR) is 80.6 cm³/mol. The maximum atomic E-state index is 12.1. The molecule has 2 rings (SSSR count). The molecule has 1 fully saturated rings. The van der Waals surface area contributed by atoms with Crippen LogP contribution in [0.2, 0.25) is 0 Å². The lowest BCUT2D eigenvalue weighted by atomic mass is 10.0. The summed E-state index contributed by atoms with van der Waals surface area (Å²) in [4.78, 5) is 25.5. The second-order valence-corrected chi connectivity index (χ2v) is 5.65. The first-order valence-electron chi connectivity index (χ1n) is 7.55. The van der Waals surface area contributed by atoms with Crippen molar-refractivity contribution in [3.63, 3.8) is 0 Å². The lowest BCUT2D eigenvalue weighted by Crippen LogP contribution is -2.25. The van der Waals surface area contributed by atoms with Gasteiger partial charge in [-0.15, -0.1) is 0 Å². The molecule has 0 aliphatic carbocycles. The number of carbonyl (C=O) groups is 2. The maximum Gasteiger partial charge on any atom is 0.309 e. The Bertz CT molecular complexity index is 513. The van der Waals surface area contributed by atoms with Crippen LogP contribution in [0.15, 0.2) is 24.3 Å². The van der Waals surface area contributed by atoms with Gasteiger partial charge in [0, 0.05) is 19.5 Å². The summed E-state index contributed by atoms with van der Waals surface area (Å²) in [6.45, 7) is 3.57. The van der Waals surface area contributed by atoms with Crippen LogP contribution in [0.3, 0.4) is 0 Å². The SMILES string of the molecule is CCCC1CC(=O)N(Cc2ccccc2CC(=O)OC)C1. The van der Waals surface area contributed by atoms with E-state index in [0.717, 1.165) is 30.5 Å². The largest absolute Gasteiger partial charge is 0.469 e. The number of nitrogens with zero attached hydrogens (tertiary/aromatic N) is 1. The van der Waals surface area contributed by atoms with Crippen molar-refractivity contribution in [3.05, 3.63) is 35.4 Å². The zero-order valence-corrected chi connectivity index (χ0v) is 12.8. The zero-order valence-electron chi connectivity index (χ0n) is 12.8. The highest BCUT2D eigenvalue weighted by molar-refractivity contribution is 5.78. The van der Waals surface area contributed by atoms with E-state index in [-0.39, 0.29) is 18.3 Å². The molecule has 1 aliphatic heterocycles. The van der Waals surface area contributed by atoms with Crippen LogP contribution in [0.1, 0.15) is 37.3 Å². The molecule has 1 aromatic carbocycles. The Morgan fingerprint density at radius 3 is 2.71 bits per heavy atom. The standard InChI is InChI=1S/C17H23NO3/c1-3-6-13-9-16(19)18(11-13)12-15-8-5-4-7-14(15)10-17(20)21-2/h4-5,7-8,13H,3,6,9-12H2,1-2H3. The van der Waals surface area contributed by atoms with Crippen molar-refractivity contribution in [2.24, 2.45) is 5.92 Å². The number of benzene rings is 1. The topological polar surface area (TPSA) is 46.6 Å². The highest BCUT2D eigenvalue weighted by atomic mass is 16.5. The quantitative estimate of drug-likeness (QED) is 0.756. The van der Waals surface area contributed by atoms with Gasteiger partial charge >= 0.3 is 5.97 Å². The van der Waals surface area contributed by atoms with Gasteiger partial charge in [-0.2, -0.15) is 0 Å². The van der Waals surface area contributed by atoms with Gasteiger partial charge in [0.25, 0.3) is 0 Å². The maximum absolute atomic E-state index is 12.1. The van der Waals surface area contributed by atoms with Crippen molar-refractivity contribution in [2.45, 2.75) is 39.2 Å². The highest BCUT2D eigenvalue weighted by Gasteiger charge is 2.29. The molecule has 1 aliphatic rings. The Balaban J connectivity index is 2.06. The van der Waals surface area contributed by atoms with Crippen molar-refractivity contribution < 1.29 is 14.3 Å². The van der Waals surface area contributed by atoms with Crippen molar-refractivity contribution in [2.75, 3.05) is 13.7 Å². The van der Waals surface area contributed by atoms with E-state index >= 15 is 0 Å². The van der Waals surface area contributed by atoms with Gasteiger partial charge in [-0.25, -0.2) is 0 Å².